The zero-order chi connectivity index (χ0) is 18.8. The van der Waals surface area contributed by atoms with Crippen molar-refractivity contribution in [3.8, 4) is 0 Å². The van der Waals surface area contributed by atoms with Gasteiger partial charge >= 0.3 is 0 Å². The molecular formula is C21H26NO3S. The van der Waals surface area contributed by atoms with Crippen molar-refractivity contribution >= 4 is 26.4 Å². The summed E-state index contributed by atoms with van der Waals surface area (Å²) in [5.41, 5.74) is 0.694. The summed E-state index contributed by atoms with van der Waals surface area (Å²) in [5.74, 6) is -0.342. The van der Waals surface area contributed by atoms with Crippen molar-refractivity contribution in [1.82, 2.24) is 0 Å². The Kier molecular flexibility index (Phi) is 5.37. The van der Waals surface area contributed by atoms with Crippen LogP contribution in [0.15, 0.2) is 40.2 Å². The number of hydrogen-bond donors (Lipinski definition) is 0. The van der Waals surface area contributed by atoms with Gasteiger partial charge in [-0.25, -0.2) is 4.99 Å². The Morgan fingerprint density at radius 2 is 1.81 bits per heavy atom. The lowest BCUT2D eigenvalue weighted by Crippen LogP contribution is -2.31. The van der Waals surface area contributed by atoms with Crippen LogP contribution >= 0.6 is 10.3 Å². The normalized spacial score (nSPS) is 23.2. The Labute approximate surface area is 157 Å². The summed E-state index contributed by atoms with van der Waals surface area (Å²) in [6, 6.07) is 10.4. The fourth-order valence-electron chi connectivity index (χ4n) is 2.93. The number of unbranched alkanes of at least 4 members (excludes halogenated alkanes) is 2. The van der Waals surface area contributed by atoms with Crippen molar-refractivity contribution in [3.63, 3.8) is 0 Å². The van der Waals surface area contributed by atoms with Crippen molar-refractivity contribution in [2.45, 2.75) is 59.3 Å². The second-order valence-electron chi connectivity index (χ2n) is 7.45. The van der Waals surface area contributed by atoms with Crippen molar-refractivity contribution in [3.05, 3.63) is 47.0 Å². The molecule has 1 aromatic rings. The van der Waals surface area contributed by atoms with Crippen LogP contribution < -0.4 is 0 Å². The van der Waals surface area contributed by atoms with Crippen LogP contribution in [0.2, 0.25) is 0 Å². The molecule has 0 saturated carbocycles. The van der Waals surface area contributed by atoms with Crippen molar-refractivity contribution < 1.29 is 13.8 Å². The van der Waals surface area contributed by atoms with E-state index in [1.54, 1.807) is 0 Å². The van der Waals surface area contributed by atoms with Gasteiger partial charge in [0, 0.05) is 10.3 Å². The first-order valence-corrected chi connectivity index (χ1v) is 10.8. The molecule has 0 aliphatic carbocycles. The Morgan fingerprint density at radius 1 is 1.12 bits per heavy atom. The number of aryl methyl sites for hydroxylation is 1. The van der Waals surface area contributed by atoms with E-state index in [1.807, 2.05) is 26.8 Å². The number of aliphatic imine (C=N–C) groups is 1. The highest BCUT2D eigenvalue weighted by atomic mass is 32.3. The smallest absolute Gasteiger partial charge is 0.290 e. The van der Waals surface area contributed by atoms with E-state index >= 15 is 0 Å². The maximum atomic E-state index is 12.8. The maximum Gasteiger partial charge on any atom is 0.290 e. The molecule has 1 radical (unpaired) electrons. The first-order chi connectivity index (χ1) is 12.4. The van der Waals surface area contributed by atoms with Crippen LogP contribution in [0, 0.1) is 11.6 Å². The van der Waals surface area contributed by atoms with Crippen LogP contribution in [-0.2, 0) is 20.2 Å². The zero-order valence-electron chi connectivity index (χ0n) is 15.7. The predicted octanol–water partition coefficient (Wildman–Crippen LogP) is 5.09. The number of rotatable bonds is 9. The van der Waals surface area contributed by atoms with Gasteiger partial charge < -0.3 is 4.18 Å². The van der Waals surface area contributed by atoms with Gasteiger partial charge in [0.25, 0.3) is 10.3 Å². The van der Waals surface area contributed by atoms with Gasteiger partial charge in [0.05, 0.1) is 10.3 Å². The number of nitrogens with zero attached hydrogens (tertiary/aromatic N) is 1. The minimum Gasteiger partial charge on any atom is -0.400 e. The number of Topliss-reactive ketones (excluding diaryl/α,β-unsaturated/α-hetero) is 1. The lowest BCUT2D eigenvalue weighted by Gasteiger charge is -2.22. The van der Waals surface area contributed by atoms with E-state index in [0.29, 0.717) is 11.7 Å². The van der Waals surface area contributed by atoms with Gasteiger partial charge in [-0.3, -0.25) is 9.59 Å². The molecule has 4 nitrogen and oxygen atoms in total. The molecule has 1 fully saturated rings. The average molecular weight is 373 g/mol. The number of hydrogen-bond acceptors (Lipinski definition) is 4. The average Bonchev–Trinajstić information content (AvgIpc) is 3.29. The molecule has 26 heavy (non-hydrogen) atoms. The third-order valence-electron chi connectivity index (χ3n) is 5.19. The van der Waals surface area contributed by atoms with Gasteiger partial charge in [0.2, 0.25) is 5.78 Å². The quantitative estimate of drug-likeness (QED) is 0.345. The molecule has 3 rings (SSSR count). The van der Waals surface area contributed by atoms with E-state index in [2.05, 4.69) is 35.5 Å². The monoisotopic (exact) mass is 372 g/mol. The van der Waals surface area contributed by atoms with Crippen LogP contribution in [-0.4, -0.2) is 16.1 Å². The van der Waals surface area contributed by atoms with Crippen LogP contribution in [0.25, 0.3) is 0 Å². The van der Waals surface area contributed by atoms with E-state index in [0.717, 1.165) is 37.0 Å². The Balaban J connectivity index is 1.51. The molecule has 1 aromatic carbocycles. The fourth-order valence-corrected chi connectivity index (χ4v) is 5.44. The standard InChI is InChI=1S/C21H26NO3S/c1-4-21(2,3)18(23)19(24)26-17(15-22-20(26)25-26)14-10-6-9-13-16-11-7-5-8-12-16/h5,7-8,11-12H,4,6,9-10,13-14H2,1-3H3. The predicted molar refractivity (Wildman–Crippen MR) is 106 cm³/mol. The first-order valence-electron chi connectivity index (χ1n) is 9.27. The molecule has 1 saturated heterocycles. The lowest BCUT2D eigenvalue weighted by atomic mass is 9.86. The van der Waals surface area contributed by atoms with Crippen molar-refractivity contribution in [2.75, 3.05) is 0 Å². The zero-order valence-corrected chi connectivity index (χ0v) is 16.5. The van der Waals surface area contributed by atoms with Crippen molar-refractivity contribution in [1.29, 1.82) is 0 Å². The molecule has 0 spiro atoms. The summed E-state index contributed by atoms with van der Waals surface area (Å²) in [7, 11) is -2.22. The van der Waals surface area contributed by atoms with E-state index in [1.165, 1.54) is 5.56 Å². The van der Waals surface area contributed by atoms with Crippen LogP contribution in [0.3, 0.4) is 0 Å². The van der Waals surface area contributed by atoms with E-state index in [-0.39, 0.29) is 5.78 Å². The summed E-state index contributed by atoms with van der Waals surface area (Å²) in [6.45, 7) is 5.55. The number of benzene rings is 1. The maximum absolute atomic E-state index is 12.8. The summed E-state index contributed by atoms with van der Waals surface area (Å²) < 4.78 is 5.57. The number of carbonyl (C=O) groups is 2. The summed E-state index contributed by atoms with van der Waals surface area (Å²) in [5, 5.41) is 0.0365. The van der Waals surface area contributed by atoms with Gasteiger partial charge in [0.1, 0.15) is 6.20 Å². The van der Waals surface area contributed by atoms with Gasteiger partial charge in [-0.2, -0.15) is 0 Å². The third-order valence-corrected chi connectivity index (χ3v) is 7.81. The SMILES string of the molecule is CCC(C)(C)C(=O)C(=O)S12OC1=N[C]=C2CCCCCc1ccccc1. The van der Waals surface area contributed by atoms with E-state index in [9.17, 15) is 9.59 Å². The highest BCUT2D eigenvalue weighted by Gasteiger charge is 2.64. The number of fused-ring (bicyclic) bond motifs is 1. The van der Waals surface area contributed by atoms with Crippen LogP contribution in [0.5, 0.6) is 0 Å². The topological polar surface area (TPSA) is 59.0 Å². The molecule has 0 bridgehead atoms. The van der Waals surface area contributed by atoms with Crippen LogP contribution in [0.1, 0.15) is 58.4 Å². The van der Waals surface area contributed by atoms with Gasteiger partial charge in [-0.15, -0.1) is 0 Å². The van der Waals surface area contributed by atoms with E-state index in [4.69, 9.17) is 4.18 Å². The molecule has 1 atom stereocenters. The molecule has 2 aliphatic heterocycles. The summed E-state index contributed by atoms with van der Waals surface area (Å²) >= 11 is 0. The largest absolute Gasteiger partial charge is 0.400 e. The Hall–Kier alpha value is -1.88. The molecule has 5 heteroatoms. The highest BCUT2D eigenvalue weighted by Crippen LogP contribution is 2.75. The third kappa shape index (κ3) is 3.50. The Morgan fingerprint density at radius 3 is 2.46 bits per heavy atom. The lowest BCUT2D eigenvalue weighted by molar-refractivity contribution is -0.137. The number of ketones is 1. The molecule has 139 valence electrons. The van der Waals surface area contributed by atoms with Crippen LogP contribution in [0.4, 0.5) is 0 Å². The molecule has 0 amide bonds. The first kappa shape index (κ1) is 18.9. The molecule has 2 aliphatic rings. The summed E-state index contributed by atoms with van der Waals surface area (Å²) in [6.07, 6.45) is 8.48. The molecule has 0 aromatic heterocycles. The number of allylic oxidation sites excluding steroid dienone is 1. The second-order valence-corrected chi connectivity index (χ2v) is 9.94. The molecule has 2 heterocycles. The number of carbonyl (C=O) groups excluding carboxylic acids is 2. The van der Waals surface area contributed by atoms with Gasteiger partial charge in [-0.05, 0) is 37.7 Å². The Bertz CT molecular complexity index is 767. The molecule has 0 N–H and O–H groups in total. The van der Waals surface area contributed by atoms with Gasteiger partial charge in [-0.1, -0.05) is 57.5 Å². The molecular weight excluding hydrogens is 346 g/mol. The minimum atomic E-state index is -2.22. The van der Waals surface area contributed by atoms with Crippen molar-refractivity contribution in [2.24, 2.45) is 10.4 Å². The fraction of sp³-hybridized carbons (Fsp3) is 0.476. The minimum absolute atomic E-state index is 0.342. The second kappa shape index (κ2) is 7.39. The van der Waals surface area contributed by atoms with Gasteiger partial charge in [0.15, 0.2) is 0 Å². The summed E-state index contributed by atoms with van der Waals surface area (Å²) in [4.78, 5) is 30.3. The van der Waals surface area contributed by atoms with E-state index < -0.39 is 20.8 Å². The highest BCUT2D eigenvalue weighted by molar-refractivity contribution is 8.62. The molecule has 1 unspecified atom stereocenters.